The van der Waals surface area contributed by atoms with Gasteiger partial charge in [0, 0.05) is 31.3 Å². The minimum Gasteiger partial charge on any atom is -0.348 e. The monoisotopic (exact) mass is 448 g/mol. The first-order valence-corrected chi connectivity index (χ1v) is 10.0. The third kappa shape index (κ3) is 5.52. The molecule has 0 heterocycles. The number of nitro groups is 1. The highest BCUT2D eigenvalue weighted by Gasteiger charge is 2.18. The Morgan fingerprint density at radius 2 is 1.56 bits per heavy atom. The number of carbonyl (C=O) groups is 2. The molecule has 0 spiro atoms. The Balaban J connectivity index is 1.69. The van der Waals surface area contributed by atoms with Gasteiger partial charge in [-0.05, 0) is 42.0 Å². The lowest BCUT2D eigenvalue weighted by atomic mass is 10.1. The fourth-order valence-electron chi connectivity index (χ4n) is 2.93. The van der Waals surface area contributed by atoms with Crippen LogP contribution in [0.3, 0.4) is 0 Å². The topological polar surface area (TPSA) is 105 Å². The number of hydrogen-bond acceptors (Lipinski definition) is 5. The van der Waals surface area contributed by atoms with E-state index in [-0.39, 0.29) is 22.3 Å². The third-order valence-electron chi connectivity index (χ3n) is 4.67. The number of non-ortho nitro benzene ring substituents is 1. The molecule has 32 heavy (non-hydrogen) atoms. The number of anilines is 1. The first-order chi connectivity index (χ1) is 15.4. The predicted molar refractivity (Wildman–Crippen MR) is 126 cm³/mol. The highest BCUT2D eigenvalue weighted by Crippen LogP contribution is 2.20. The zero-order chi connectivity index (χ0) is 23.1. The van der Waals surface area contributed by atoms with Crippen molar-refractivity contribution in [3.63, 3.8) is 0 Å². The summed E-state index contributed by atoms with van der Waals surface area (Å²) >= 11 is 5.34. The molecule has 0 saturated heterocycles. The van der Waals surface area contributed by atoms with Gasteiger partial charge in [-0.2, -0.15) is 0 Å². The smallest absolute Gasteiger partial charge is 0.269 e. The van der Waals surface area contributed by atoms with Crippen LogP contribution in [0.5, 0.6) is 0 Å². The van der Waals surface area contributed by atoms with Gasteiger partial charge >= 0.3 is 0 Å². The van der Waals surface area contributed by atoms with Gasteiger partial charge in [0.2, 0.25) is 0 Å². The first kappa shape index (κ1) is 22.6. The molecule has 0 unspecified atom stereocenters. The number of amides is 2. The van der Waals surface area contributed by atoms with Gasteiger partial charge in [-0.25, -0.2) is 0 Å². The molecule has 2 N–H and O–H groups in total. The molecule has 3 aromatic carbocycles. The van der Waals surface area contributed by atoms with Gasteiger partial charge in [-0.1, -0.05) is 42.5 Å². The van der Waals surface area contributed by atoms with Gasteiger partial charge in [0.15, 0.2) is 5.11 Å². The molecule has 0 aliphatic heterocycles. The van der Waals surface area contributed by atoms with Crippen molar-refractivity contribution in [3.8, 4) is 0 Å². The molecule has 0 aliphatic rings. The normalized spacial score (nSPS) is 10.2. The van der Waals surface area contributed by atoms with Crippen LogP contribution in [0.1, 0.15) is 26.3 Å². The second-order valence-corrected chi connectivity index (χ2v) is 7.19. The van der Waals surface area contributed by atoms with E-state index in [1.165, 1.54) is 29.2 Å². The maximum Gasteiger partial charge on any atom is 0.269 e. The van der Waals surface area contributed by atoms with Crippen molar-refractivity contribution in [3.05, 3.63) is 106 Å². The number of carbonyl (C=O) groups excluding carboxylic acids is 2. The van der Waals surface area contributed by atoms with Crippen LogP contribution < -0.4 is 15.5 Å². The largest absolute Gasteiger partial charge is 0.348 e. The Labute approximate surface area is 190 Å². The quantitative estimate of drug-likeness (QED) is 0.339. The van der Waals surface area contributed by atoms with Gasteiger partial charge in [-0.15, -0.1) is 0 Å². The average molecular weight is 449 g/mol. The Kier molecular flexibility index (Phi) is 7.25. The van der Waals surface area contributed by atoms with E-state index in [1.807, 2.05) is 30.3 Å². The zero-order valence-corrected chi connectivity index (χ0v) is 18.0. The summed E-state index contributed by atoms with van der Waals surface area (Å²) in [6.45, 7) is 0.374. The van der Waals surface area contributed by atoms with Gasteiger partial charge < -0.3 is 10.2 Å². The van der Waals surface area contributed by atoms with E-state index in [9.17, 15) is 19.7 Å². The molecule has 0 fully saturated rings. The van der Waals surface area contributed by atoms with Gasteiger partial charge in [0.1, 0.15) is 0 Å². The summed E-state index contributed by atoms with van der Waals surface area (Å²) in [4.78, 5) is 37.0. The van der Waals surface area contributed by atoms with E-state index < -0.39 is 10.8 Å². The summed E-state index contributed by atoms with van der Waals surface area (Å²) in [6, 6.07) is 21.6. The van der Waals surface area contributed by atoms with E-state index in [0.717, 1.165) is 5.56 Å². The van der Waals surface area contributed by atoms with Gasteiger partial charge in [-0.3, -0.25) is 25.0 Å². The molecular formula is C23H20N4O4S. The SMILES string of the molecule is CN(C(=S)NC(=O)c1ccc([N+](=O)[O-])cc1)c1ccccc1C(=O)NCc1ccccc1. The summed E-state index contributed by atoms with van der Waals surface area (Å²) in [5.74, 6) is -0.788. The van der Waals surface area contributed by atoms with Crippen LogP contribution in [0.15, 0.2) is 78.9 Å². The lowest BCUT2D eigenvalue weighted by Crippen LogP contribution is -2.41. The number of nitrogens with one attached hydrogen (secondary N) is 2. The Hall–Kier alpha value is -4.11. The van der Waals surface area contributed by atoms with Crippen molar-refractivity contribution in [1.82, 2.24) is 10.6 Å². The molecule has 162 valence electrons. The molecule has 3 aromatic rings. The summed E-state index contributed by atoms with van der Waals surface area (Å²) in [5.41, 5.74) is 2.00. The molecule has 0 radical (unpaired) electrons. The second kappa shape index (κ2) is 10.3. The Bertz CT molecular complexity index is 1150. The van der Waals surface area contributed by atoms with Crippen molar-refractivity contribution in [2.45, 2.75) is 6.54 Å². The van der Waals surface area contributed by atoms with Crippen LogP contribution in [-0.4, -0.2) is 28.9 Å². The zero-order valence-electron chi connectivity index (χ0n) is 17.1. The van der Waals surface area contributed by atoms with Crippen LogP contribution >= 0.6 is 12.2 Å². The number of benzene rings is 3. The van der Waals surface area contributed by atoms with Crippen LogP contribution in [0.25, 0.3) is 0 Å². The minimum absolute atomic E-state index is 0.0802. The molecule has 2 amide bonds. The summed E-state index contributed by atoms with van der Waals surface area (Å²) in [7, 11) is 1.64. The predicted octanol–water partition coefficient (Wildman–Crippen LogP) is 3.68. The molecule has 3 rings (SSSR count). The van der Waals surface area contributed by atoms with Crippen LogP contribution in [0, 0.1) is 10.1 Å². The molecule has 0 atom stereocenters. The van der Waals surface area contributed by atoms with Crippen molar-refractivity contribution in [2.75, 3.05) is 11.9 Å². The highest BCUT2D eigenvalue weighted by atomic mass is 32.1. The Morgan fingerprint density at radius 3 is 2.22 bits per heavy atom. The van der Waals surface area contributed by atoms with E-state index in [0.29, 0.717) is 17.8 Å². The van der Waals surface area contributed by atoms with E-state index in [4.69, 9.17) is 12.2 Å². The number of rotatable bonds is 6. The second-order valence-electron chi connectivity index (χ2n) is 6.81. The number of thiocarbonyl (C=S) groups is 1. The minimum atomic E-state index is -0.542. The first-order valence-electron chi connectivity index (χ1n) is 9.61. The molecule has 9 heteroatoms. The molecular weight excluding hydrogens is 428 g/mol. The number of para-hydroxylation sites is 1. The van der Waals surface area contributed by atoms with Crippen molar-refractivity contribution < 1.29 is 14.5 Å². The van der Waals surface area contributed by atoms with Crippen LogP contribution in [-0.2, 0) is 6.54 Å². The standard InChI is InChI=1S/C23H20N4O4S/c1-26(23(32)25-21(28)17-11-13-18(14-12-17)27(30)31)20-10-6-5-9-19(20)22(29)24-15-16-7-3-2-4-8-16/h2-14H,15H2,1H3,(H,24,29)(H,25,28,32). The van der Waals surface area contributed by atoms with E-state index in [2.05, 4.69) is 10.6 Å². The number of hydrogen-bond donors (Lipinski definition) is 2. The Morgan fingerprint density at radius 1 is 0.938 bits per heavy atom. The van der Waals surface area contributed by atoms with Crippen LogP contribution in [0.4, 0.5) is 11.4 Å². The number of nitrogens with zero attached hydrogens (tertiary/aromatic N) is 2. The lowest BCUT2D eigenvalue weighted by Gasteiger charge is -2.23. The van der Waals surface area contributed by atoms with Gasteiger partial charge in [0.25, 0.3) is 17.5 Å². The summed E-state index contributed by atoms with van der Waals surface area (Å²) < 4.78 is 0. The lowest BCUT2D eigenvalue weighted by molar-refractivity contribution is -0.384. The molecule has 8 nitrogen and oxygen atoms in total. The number of nitro benzene ring substituents is 1. The highest BCUT2D eigenvalue weighted by molar-refractivity contribution is 7.80. The fraction of sp³-hybridized carbons (Fsp3) is 0.0870. The van der Waals surface area contributed by atoms with Crippen molar-refractivity contribution >= 4 is 40.5 Å². The van der Waals surface area contributed by atoms with Crippen LogP contribution in [0.2, 0.25) is 0 Å². The maximum absolute atomic E-state index is 12.8. The van der Waals surface area contributed by atoms with E-state index >= 15 is 0 Å². The molecule has 0 saturated carbocycles. The fourth-order valence-corrected chi connectivity index (χ4v) is 3.12. The third-order valence-corrected chi connectivity index (χ3v) is 5.05. The molecule has 0 bridgehead atoms. The summed E-state index contributed by atoms with van der Waals surface area (Å²) in [5, 5.41) is 16.3. The molecule has 0 aromatic heterocycles. The van der Waals surface area contributed by atoms with E-state index in [1.54, 1.807) is 31.3 Å². The van der Waals surface area contributed by atoms with Crippen molar-refractivity contribution in [2.24, 2.45) is 0 Å². The summed E-state index contributed by atoms with van der Waals surface area (Å²) in [6.07, 6.45) is 0. The van der Waals surface area contributed by atoms with Crippen molar-refractivity contribution in [1.29, 1.82) is 0 Å². The molecule has 0 aliphatic carbocycles. The van der Waals surface area contributed by atoms with Gasteiger partial charge in [0.05, 0.1) is 16.2 Å². The average Bonchev–Trinajstić information content (AvgIpc) is 2.82. The maximum atomic E-state index is 12.8.